The number of unbranched alkanes of at least 4 members (excludes halogenated alkanes) is 1. The molecule has 7 nitrogen and oxygen atoms in total. The standard InChI is InChI=1S/C20H31N3O4S/c1-2-3-15-28(26,27)23-13-10-18(11-14-23)20(25)22-16-19(24)21-12-9-17-7-5-4-6-8-17/h4-8,18H,2-3,9-16H2,1H3,(H,21,24)(H,22,25). The molecule has 1 fully saturated rings. The van der Waals surface area contributed by atoms with E-state index < -0.39 is 10.0 Å². The van der Waals surface area contributed by atoms with Gasteiger partial charge in [-0.05, 0) is 31.2 Å². The van der Waals surface area contributed by atoms with Crippen LogP contribution in [0.25, 0.3) is 0 Å². The van der Waals surface area contributed by atoms with Gasteiger partial charge in [0.25, 0.3) is 0 Å². The summed E-state index contributed by atoms with van der Waals surface area (Å²) in [6.07, 6.45) is 3.22. The molecular weight excluding hydrogens is 378 g/mol. The number of carbonyl (C=O) groups excluding carboxylic acids is 2. The van der Waals surface area contributed by atoms with Gasteiger partial charge >= 0.3 is 0 Å². The van der Waals surface area contributed by atoms with Gasteiger partial charge in [0.05, 0.1) is 12.3 Å². The van der Waals surface area contributed by atoms with Crippen molar-refractivity contribution in [2.75, 3.05) is 31.9 Å². The van der Waals surface area contributed by atoms with Crippen LogP contribution in [0.1, 0.15) is 38.2 Å². The molecule has 0 atom stereocenters. The van der Waals surface area contributed by atoms with Crippen molar-refractivity contribution < 1.29 is 18.0 Å². The summed E-state index contributed by atoms with van der Waals surface area (Å²) in [5.74, 6) is -0.466. The fourth-order valence-electron chi connectivity index (χ4n) is 3.22. The quantitative estimate of drug-likeness (QED) is 0.609. The monoisotopic (exact) mass is 409 g/mol. The molecule has 2 amide bonds. The molecule has 1 heterocycles. The van der Waals surface area contributed by atoms with Crippen LogP contribution in [0.2, 0.25) is 0 Å². The third-order valence-electron chi connectivity index (χ3n) is 4.98. The maximum absolute atomic E-state index is 12.3. The Morgan fingerprint density at radius 2 is 1.79 bits per heavy atom. The smallest absolute Gasteiger partial charge is 0.239 e. The van der Waals surface area contributed by atoms with Crippen LogP contribution < -0.4 is 10.6 Å². The molecule has 1 saturated heterocycles. The molecule has 0 aromatic heterocycles. The first kappa shape index (κ1) is 22.4. The molecule has 8 heteroatoms. The van der Waals surface area contributed by atoms with E-state index in [0.717, 1.165) is 18.4 Å². The molecule has 1 aromatic carbocycles. The molecule has 2 N–H and O–H groups in total. The van der Waals surface area contributed by atoms with Gasteiger partial charge in [0.1, 0.15) is 0 Å². The molecule has 28 heavy (non-hydrogen) atoms. The second kappa shape index (κ2) is 11.2. The normalized spacial score (nSPS) is 15.9. The van der Waals surface area contributed by atoms with Gasteiger partial charge < -0.3 is 10.6 Å². The van der Waals surface area contributed by atoms with E-state index in [2.05, 4.69) is 10.6 Å². The minimum Gasteiger partial charge on any atom is -0.354 e. The minimum absolute atomic E-state index is 0.0529. The zero-order valence-corrected chi connectivity index (χ0v) is 17.3. The summed E-state index contributed by atoms with van der Waals surface area (Å²) in [5, 5.41) is 5.46. The van der Waals surface area contributed by atoms with Crippen molar-refractivity contribution in [2.24, 2.45) is 5.92 Å². The maximum atomic E-state index is 12.3. The Bertz CT molecular complexity index is 729. The van der Waals surface area contributed by atoms with Gasteiger partial charge in [-0.2, -0.15) is 0 Å². The molecule has 156 valence electrons. The number of rotatable bonds is 10. The fraction of sp³-hybridized carbons (Fsp3) is 0.600. The van der Waals surface area contributed by atoms with E-state index in [9.17, 15) is 18.0 Å². The first-order valence-corrected chi connectivity index (χ1v) is 11.6. The zero-order valence-electron chi connectivity index (χ0n) is 16.5. The number of nitrogens with zero attached hydrogens (tertiary/aromatic N) is 1. The molecule has 0 saturated carbocycles. The first-order chi connectivity index (χ1) is 13.4. The van der Waals surface area contributed by atoms with E-state index in [1.165, 1.54) is 4.31 Å². The molecule has 0 spiro atoms. The van der Waals surface area contributed by atoms with E-state index in [1.54, 1.807) is 0 Å². The Morgan fingerprint density at radius 3 is 2.43 bits per heavy atom. The highest BCUT2D eigenvalue weighted by molar-refractivity contribution is 7.89. The number of hydrogen-bond acceptors (Lipinski definition) is 4. The number of sulfonamides is 1. The molecule has 0 aliphatic carbocycles. The van der Waals surface area contributed by atoms with Crippen LogP contribution in [0.15, 0.2) is 30.3 Å². The summed E-state index contributed by atoms with van der Waals surface area (Å²) < 4.78 is 25.9. The van der Waals surface area contributed by atoms with E-state index in [-0.39, 0.29) is 30.0 Å². The second-order valence-electron chi connectivity index (χ2n) is 7.15. The second-order valence-corrected chi connectivity index (χ2v) is 9.23. The molecule has 0 radical (unpaired) electrons. The molecule has 1 aliphatic rings. The van der Waals surface area contributed by atoms with Crippen LogP contribution in [0.3, 0.4) is 0 Å². The number of amides is 2. The average molecular weight is 410 g/mol. The Morgan fingerprint density at radius 1 is 1.11 bits per heavy atom. The average Bonchev–Trinajstić information content (AvgIpc) is 2.71. The van der Waals surface area contributed by atoms with E-state index in [0.29, 0.717) is 38.9 Å². The predicted molar refractivity (Wildman–Crippen MR) is 109 cm³/mol. The molecule has 0 unspecified atom stereocenters. The van der Waals surface area contributed by atoms with Gasteiger partial charge in [0.2, 0.25) is 21.8 Å². The molecule has 0 bridgehead atoms. The lowest BCUT2D eigenvalue weighted by molar-refractivity contribution is -0.129. The fourth-order valence-corrected chi connectivity index (χ4v) is 4.90. The number of benzene rings is 1. The Balaban J connectivity index is 1.65. The lowest BCUT2D eigenvalue weighted by Gasteiger charge is -2.30. The van der Waals surface area contributed by atoms with Crippen LogP contribution in [0.4, 0.5) is 0 Å². The summed E-state index contributed by atoms with van der Waals surface area (Å²) >= 11 is 0. The summed E-state index contributed by atoms with van der Waals surface area (Å²) in [4.78, 5) is 24.2. The predicted octanol–water partition coefficient (Wildman–Crippen LogP) is 1.30. The van der Waals surface area contributed by atoms with Crippen LogP contribution >= 0.6 is 0 Å². The lowest BCUT2D eigenvalue weighted by atomic mass is 9.97. The number of carbonyl (C=O) groups is 2. The summed E-state index contributed by atoms with van der Waals surface area (Å²) in [6.45, 7) is 3.17. The third kappa shape index (κ3) is 7.24. The van der Waals surface area contributed by atoms with Crippen LogP contribution in [-0.2, 0) is 26.0 Å². The summed E-state index contributed by atoms with van der Waals surface area (Å²) in [5.41, 5.74) is 1.15. The van der Waals surface area contributed by atoms with Gasteiger partial charge in [-0.1, -0.05) is 43.7 Å². The number of nitrogens with one attached hydrogen (secondary N) is 2. The SMILES string of the molecule is CCCCS(=O)(=O)N1CCC(C(=O)NCC(=O)NCCc2ccccc2)CC1. The molecule has 2 rings (SSSR count). The topological polar surface area (TPSA) is 95.6 Å². The van der Waals surface area contributed by atoms with E-state index in [4.69, 9.17) is 0 Å². The van der Waals surface area contributed by atoms with Gasteiger partial charge in [-0.25, -0.2) is 12.7 Å². The van der Waals surface area contributed by atoms with Crippen LogP contribution in [0.5, 0.6) is 0 Å². The van der Waals surface area contributed by atoms with Crippen molar-refractivity contribution in [3.63, 3.8) is 0 Å². The van der Waals surface area contributed by atoms with Crippen molar-refractivity contribution >= 4 is 21.8 Å². The van der Waals surface area contributed by atoms with Gasteiger partial charge in [0.15, 0.2) is 0 Å². The number of piperidine rings is 1. The largest absolute Gasteiger partial charge is 0.354 e. The lowest BCUT2D eigenvalue weighted by Crippen LogP contribution is -2.45. The van der Waals surface area contributed by atoms with E-state index in [1.807, 2.05) is 37.3 Å². The van der Waals surface area contributed by atoms with Crippen molar-refractivity contribution in [3.05, 3.63) is 35.9 Å². The Labute approximate surface area is 167 Å². The van der Waals surface area contributed by atoms with Crippen molar-refractivity contribution in [1.29, 1.82) is 0 Å². The first-order valence-electron chi connectivity index (χ1n) is 9.98. The van der Waals surface area contributed by atoms with Gasteiger partial charge in [-0.3, -0.25) is 9.59 Å². The van der Waals surface area contributed by atoms with Crippen molar-refractivity contribution in [2.45, 2.75) is 39.0 Å². The highest BCUT2D eigenvalue weighted by Crippen LogP contribution is 2.20. The zero-order chi connectivity index (χ0) is 20.4. The molecule has 1 aliphatic heterocycles. The minimum atomic E-state index is -3.22. The summed E-state index contributed by atoms with van der Waals surface area (Å²) in [7, 11) is -3.22. The van der Waals surface area contributed by atoms with Gasteiger partial charge in [-0.15, -0.1) is 0 Å². The van der Waals surface area contributed by atoms with Crippen molar-refractivity contribution in [3.8, 4) is 0 Å². The van der Waals surface area contributed by atoms with Crippen LogP contribution in [-0.4, -0.2) is 56.5 Å². The van der Waals surface area contributed by atoms with Crippen LogP contribution in [0, 0.1) is 5.92 Å². The highest BCUT2D eigenvalue weighted by atomic mass is 32.2. The van der Waals surface area contributed by atoms with Crippen molar-refractivity contribution in [1.82, 2.24) is 14.9 Å². The third-order valence-corrected chi connectivity index (χ3v) is 6.93. The summed E-state index contributed by atoms with van der Waals surface area (Å²) in [6, 6.07) is 9.86. The van der Waals surface area contributed by atoms with E-state index >= 15 is 0 Å². The molecular formula is C20H31N3O4S. The number of hydrogen-bond donors (Lipinski definition) is 2. The maximum Gasteiger partial charge on any atom is 0.239 e. The Kier molecular flexibility index (Phi) is 8.92. The van der Waals surface area contributed by atoms with Gasteiger partial charge in [0, 0.05) is 25.6 Å². The highest BCUT2D eigenvalue weighted by Gasteiger charge is 2.30. The molecule has 1 aromatic rings. The Hall–Kier alpha value is -1.93.